The fourth-order valence-electron chi connectivity index (χ4n) is 2.66. The molecule has 1 aliphatic rings. The number of hydrogen-bond donors (Lipinski definition) is 1. The van der Waals surface area contributed by atoms with E-state index < -0.39 is 9.84 Å². The molecule has 0 radical (unpaired) electrons. The zero-order valence-corrected chi connectivity index (χ0v) is 14.8. The molecule has 2 aromatic rings. The van der Waals surface area contributed by atoms with Crippen LogP contribution in [0.25, 0.3) is 11.1 Å². The Hall–Kier alpha value is -1.79. The molecule has 1 atom stereocenters. The average Bonchev–Trinajstić information content (AvgIpc) is 2.94. The maximum absolute atomic E-state index is 12.0. The van der Waals surface area contributed by atoms with E-state index in [1.807, 2.05) is 54.6 Å². The highest BCUT2D eigenvalue weighted by molar-refractivity contribution is 8.02. The summed E-state index contributed by atoms with van der Waals surface area (Å²) in [4.78, 5) is 12.0. The SMILES string of the molecule is O=C(CS[C@@H]1CCS(=O)(=O)C1)Nc1ccc(-c2ccccc2)cc1. The Balaban J connectivity index is 1.51. The molecule has 1 amide bonds. The average molecular weight is 361 g/mol. The van der Waals surface area contributed by atoms with E-state index in [0.717, 1.165) is 16.8 Å². The van der Waals surface area contributed by atoms with E-state index in [2.05, 4.69) is 5.32 Å². The van der Waals surface area contributed by atoms with Crippen molar-refractivity contribution >= 4 is 33.2 Å². The molecule has 6 heteroatoms. The first-order valence-electron chi connectivity index (χ1n) is 7.79. The number of amides is 1. The topological polar surface area (TPSA) is 63.2 Å². The summed E-state index contributed by atoms with van der Waals surface area (Å²) in [6.45, 7) is 0. The molecule has 24 heavy (non-hydrogen) atoms. The van der Waals surface area contributed by atoms with Crippen molar-refractivity contribution in [3.05, 3.63) is 54.6 Å². The summed E-state index contributed by atoms with van der Waals surface area (Å²) in [6, 6.07) is 17.8. The van der Waals surface area contributed by atoms with E-state index in [0.29, 0.717) is 6.42 Å². The van der Waals surface area contributed by atoms with Gasteiger partial charge in [0.15, 0.2) is 9.84 Å². The van der Waals surface area contributed by atoms with Gasteiger partial charge in [-0.15, -0.1) is 11.8 Å². The Morgan fingerprint density at radius 1 is 1.04 bits per heavy atom. The summed E-state index contributed by atoms with van der Waals surface area (Å²) >= 11 is 1.42. The molecule has 1 fully saturated rings. The van der Waals surface area contributed by atoms with Gasteiger partial charge in [0.2, 0.25) is 5.91 Å². The molecule has 0 saturated carbocycles. The third kappa shape index (κ3) is 4.61. The van der Waals surface area contributed by atoms with Crippen molar-refractivity contribution in [3.63, 3.8) is 0 Å². The van der Waals surface area contributed by atoms with Crippen LogP contribution in [0, 0.1) is 0 Å². The molecular formula is C18H19NO3S2. The van der Waals surface area contributed by atoms with Gasteiger partial charge >= 0.3 is 0 Å². The Labute approximate surface area is 146 Å². The van der Waals surface area contributed by atoms with Crippen LogP contribution in [0.15, 0.2) is 54.6 Å². The minimum atomic E-state index is -2.89. The highest BCUT2D eigenvalue weighted by Gasteiger charge is 2.28. The van der Waals surface area contributed by atoms with Crippen molar-refractivity contribution in [2.45, 2.75) is 11.7 Å². The number of hydrogen-bond acceptors (Lipinski definition) is 4. The van der Waals surface area contributed by atoms with Gasteiger partial charge in [0.1, 0.15) is 0 Å². The van der Waals surface area contributed by atoms with Gasteiger partial charge < -0.3 is 5.32 Å². The highest BCUT2D eigenvalue weighted by Crippen LogP contribution is 2.25. The van der Waals surface area contributed by atoms with Gasteiger partial charge in [0.25, 0.3) is 0 Å². The van der Waals surface area contributed by atoms with Gasteiger partial charge in [-0.25, -0.2) is 8.42 Å². The van der Waals surface area contributed by atoms with Crippen LogP contribution in [-0.4, -0.2) is 36.8 Å². The molecular weight excluding hydrogens is 342 g/mol. The maximum Gasteiger partial charge on any atom is 0.234 e. The van der Waals surface area contributed by atoms with Crippen LogP contribution < -0.4 is 5.32 Å². The van der Waals surface area contributed by atoms with Crippen LogP contribution in [0.5, 0.6) is 0 Å². The van der Waals surface area contributed by atoms with Crippen molar-refractivity contribution in [2.75, 3.05) is 22.6 Å². The summed E-state index contributed by atoms with van der Waals surface area (Å²) in [5, 5.41) is 2.90. The van der Waals surface area contributed by atoms with E-state index in [4.69, 9.17) is 0 Å². The van der Waals surface area contributed by atoms with Crippen LogP contribution in [0.2, 0.25) is 0 Å². The lowest BCUT2D eigenvalue weighted by molar-refractivity contribution is -0.113. The third-order valence-corrected chi connectivity index (χ3v) is 7.20. The molecule has 3 rings (SSSR count). The summed E-state index contributed by atoms with van der Waals surface area (Å²) < 4.78 is 22.8. The number of carbonyl (C=O) groups is 1. The van der Waals surface area contributed by atoms with Crippen LogP contribution in [-0.2, 0) is 14.6 Å². The van der Waals surface area contributed by atoms with E-state index in [9.17, 15) is 13.2 Å². The Bertz CT molecular complexity index is 802. The Morgan fingerprint density at radius 2 is 1.71 bits per heavy atom. The number of benzene rings is 2. The first kappa shape index (κ1) is 17.0. The zero-order valence-electron chi connectivity index (χ0n) is 13.1. The van der Waals surface area contributed by atoms with Gasteiger partial charge in [-0.3, -0.25) is 4.79 Å². The van der Waals surface area contributed by atoms with E-state index in [1.54, 1.807) is 0 Å². The maximum atomic E-state index is 12.0. The smallest absolute Gasteiger partial charge is 0.234 e. The van der Waals surface area contributed by atoms with Crippen LogP contribution in [0.1, 0.15) is 6.42 Å². The van der Waals surface area contributed by atoms with Crippen molar-refractivity contribution in [1.82, 2.24) is 0 Å². The molecule has 0 bridgehead atoms. The molecule has 1 heterocycles. The van der Waals surface area contributed by atoms with E-state index in [-0.39, 0.29) is 28.4 Å². The third-order valence-electron chi connectivity index (χ3n) is 3.92. The number of anilines is 1. The molecule has 0 unspecified atom stereocenters. The van der Waals surface area contributed by atoms with Gasteiger partial charge in [-0.1, -0.05) is 42.5 Å². The number of nitrogens with one attached hydrogen (secondary N) is 1. The fourth-order valence-corrected chi connectivity index (χ4v) is 6.10. The number of carbonyl (C=O) groups excluding carboxylic acids is 1. The van der Waals surface area contributed by atoms with Crippen molar-refractivity contribution in [3.8, 4) is 11.1 Å². The molecule has 1 N–H and O–H groups in total. The minimum absolute atomic E-state index is 0.0428. The standard InChI is InChI=1S/C18H19NO3S2/c20-18(12-23-17-10-11-24(21,22)13-17)19-16-8-6-15(7-9-16)14-4-2-1-3-5-14/h1-9,17H,10-13H2,(H,19,20)/t17-/m1/s1. The molecule has 0 aliphatic carbocycles. The lowest BCUT2D eigenvalue weighted by Gasteiger charge is -2.09. The molecule has 126 valence electrons. The fraction of sp³-hybridized carbons (Fsp3) is 0.278. The number of sulfone groups is 1. The summed E-state index contributed by atoms with van der Waals surface area (Å²) in [6.07, 6.45) is 0.645. The quantitative estimate of drug-likeness (QED) is 0.888. The minimum Gasteiger partial charge on any atom is -0.325 e. The first-order chi connectivity index (χ1) is 11.5. The lowest BCUT2D eigenvalue weighted by Crippen LogP contribution is -2.17. The first-order valence-corrected chi connectivity index (χ1v) is 10.7. The van der Waals surface area contributed by atoms with Gasteiger partial charge in [0, 0.05) is 10.9 Å². The predicted octanol–water partition coefficient (Wildman–Crippen LogP) is 3.21. The molecule has 4 nitrogen and oxygen atoms in total. The summed E-state index contributed by atoms with van der Waals surface area (Å²) in [5.41, 5.74) is 2.98. The molecule has 1 saturated heterocycles. The second-order valence-corrected chi connectivity index (χ2v) is 9.34. The van der Waals surface area contributed by atoms with Crippen molar-refractivity contribution in [2.24, 2.45) is 0 Å². The summed E-state index contributed by atoms with van der Waals surface area (Å²) in [5.74, 6) is 0.613. The zero-order chi connectivity index (χ0) is 17.0. The van der Waals surface area contributed by atoms with E-state index in [1.165, 1.54) is 11.8 Å². The largest absolute Gasteiger partial charge is 0.325 e. The number of thioether (sulfide) groups is 1. The van der Waals surface area contributed by atoms with Crippen molar-refractivity contribution < 1.29 is 13.2 Å². The second kappa shape index (κ2) is 7.40. The van der Waals surface area contributed by atoms with Crippen LogP contribution in [0.4, 0.5) is 5.69 Å². The lowest BCUT2D eigenvalue weighted by atomic mass is 10.1. The number of rotatable bonds is 5. The van der Waals surface area contributed by atoms with Gasteiger partial charge in [0.05, 0.1) is 17.3 Å². The van der Waals surface area contributed by atoms with Gasteiger partial charge in [-0.2, -0.15) is 0 Å². The molecule has 1 aliphatic heterocycles. The highest BCUT2D eigenvalue weighted by atomic mass is 32.2. The molecule has 2 aromatic carbocycles. The second-order valence-electron chi connectivity index (χ2n) is 5.83. The van der Waals surface area contributed by atoms with Crippen LogP contribution >= 0.6 is 11.8 Å². The predicted molar refractivity (Wildman–Crippen MR) is 100 cm³/mol. The normalized spacial score (nSPS) is 19.1. The molecule has 0 aromatic heterocycles. The van der Waals surface area contributed by atoms with Crippen molar-refractivity contribution in [1.29, 1.82) is 0 Å². The Morgan fingerprint density at radius 3 is 2.33 bits per heavy atom. The molecule has 0 spiro atoms. The Kier molecular flexibility index (Phi) is 5.26. The summed E-state index contributed by atoms with van der Waals surface area (Å²) in [7, 11) is -2.89. The monoisotopic (exact) mass is 361 g/mol. The van der Waals surface area contributed by atoms with Crippen LogP contribution in [0.3, 0.4) is 0 Å². The van der Waals surface area contributed by atoms with Gasteiger partial charge in [-0.05, 0) is 29.7 Å². The van der Waals surface area contributed by atoms with E-state index >= 15 is 0 Å².